The third-order valence-electron chi connectivity index (χ3n) is 1.86. The summed E-state index contributed by atoms with van der Waals surface area (Å²) >= 11 is 0. The average molecular weight is 178 g/mol. The van der Waals surface area contributed by atoms with E-state index in [-0.39, 0.29) is 5.91 Å². The van der Waals surface area contributed by atoms with Crippen LogP contribution in [0.3, 0.4) is 0 Å². The van der Waals surface area contributed by atoms with Gasteiger partial charge in [-0.1, -0.05) is 6.07 Å². The molecular formula is C10H14N2O. The van der Waals surface area contributed by atoms with Gasteiger partial charge in [0, 0.05) is 25.4 Å². The van der Waals surface area contributed by atoms with Gasteiger partial charge in [-0.05, 0) is 25.0 Å². The van der Waals surface area contributed by atoms with Crippen LogP contribution in [-0.4, -0.2) is 17.9 Å². The Bertz CT molecular complexity index is 279. The lowest BCUT2D eigenvalue weighted by atomic mass is 10.2. The Morgan fingerprint density at radius 1 is 1.54 bits per heavy atom. The zero-order valence-electron chi connectivity index (χ0n) is 8.00. The van der Waals surface area contributed by atoms with Crippen molar-refractivity contribution in [2.24, 2.45) is 0 Å². The van der Waals surface area contributed by atoms with Crippen molar-refractivity contribution in [3.05, 3.63) is 29.6 Å². The molecule has 0 saturated heterocycles. The van der Waals surface area contributed by atoms with Gasteiger partial charge >= 0.3 is 0 Å². The van der Waals surface area contributed by atoms with Crippen LogP contribution in [0.25, 0.3) is 0 Å². The van der Waals surface area contributed by atoms with E-state index in [1.165, 1.54) is 0 Å². The van der Waals surface area contributed by atoms with Gasteiger partial charge in [0.05, 0.1) is 0 Å². The summed E-state index contributed by atoms with van der Waals surface area (Å²) < 4.78 is 0. The van der Waals surface area contributed by atoms with Crippen molar-refractivity contribution in [3.63, 3.8) is 0 Å². The smallest absolute Gasteiger partial charge is 0.220 e. The van der Waals surface area contributed by atoms with E-state index >= 15 is 0 Å². The number of rotatable bonds is 3. The molecule has 13 heavy (non-hydrogen) atoms. The minimum atomic E-state index is 0.0578. The fraction of sp³-hybridized carbons (Fsp3) is 0.400. The number of pyridine rings is 1. The number of carbonyl (C=O) groups excluding carboxylic acids is 1. The summed E-state index contributed by atoms with van der Waals surface area (Å²) in [5, 5.41) is 2.58. The Morgan fingerprint density at radius 3 is 2.85 bits per heavy atom. The van der Waals surface area contributed by atoms with E-state index in [0.29, 0.717) is 12.8 Å². The van der Waals surface area contributed by atoms with Crippen LogP contribution < -0.4 is 5.32 Å². The lowest BCUT2D eigenvalue weighted by molar-refractivity contribution is -0.120. The van der Waals surface area contributed by atoms with Crippen molar-refractivity contribution in [1.82, 2.24) is 10.3 Å². The van der Waals surface area contributed by atoms with Crippen LogP contribution in [0.1, 0.15) is 17.7 Å². The first-order valence-electron chi connectivity index (χ1n) is 4.34. The van der Waals surface area contributed by atoms with Crippen LogP contribution in [-0.2, 0) is 11.2 Å². The first-order chi connectivity index (χ1) is 6.22. The SMILES string of the molecule is CNC(=O)CCc1ccc(C)cn1. The topological polar surface area (TPSA) is 42.0 Å². The first-order valence-corrected chi connectivity index (χ1v) is 4.34. The molecule has 0 spiro atoms. The first kappa shape index (κ1) is 9.71. The molecule has 1 amide bonds. The number of nitrogens with one attached hydrogen (secondary N) is 1. The minimum absolute atomic E-state index is 0.0578. The maximum Gasteiger partial charge on any atom is 0.220 e. The van der Waals surface area contributed by atoms with E-state index in [9.17, 15) is 4.79 Å². The molecule has 0 aromatic carbocycles. The van der Waals surface area contributed by atoms with Crippen LogP contribution in [0.2, 0.25) is 0 Å². The highest BCUT2D eigenvalue weighted by atomic mass is 16.1. The molecule has 0 aliphatic carbocycles. The zero-order chi connectivity index (χ0) is 9.68. The van der Waals surface area contributed by atoms with Crippen molar-refractivity contribution >= 4 is 5.91 Å². The maximum absolute atomic E-state index is 10.9. The molecule has 70 valence electrons. The van der Waals surface area contributed by atoms with Crippen molar-refractivity contribution in [2.45, 2.75) is 19.8 Å². The quantitative estimate of drug-likeness (QED) is 0.752. The van der Waals surface area contributed by atoms with Crippen LogP contribution in [0.5, 0.6) is 0 Å². The third-order valence-corrected chi connectivity index (χ3v) is 1.86. The summed E-state index contributed by atoms with van der Waals surface area (Å²) in [7, 11) is 1.64. The minimum Gasteiger partial charge on any atom is -0.359 e. The number of hydrogen-bond donors (Lipinski definition) is 1. The van der Waals surface area contributed by atoms with Gasteiger partial charge in [-0.3, -0.25) is 9.78 Å². The summed E-state index contributed by atoms with van der Waals surface area (Å²) in [5.74, 6) is 0.0578. The molecule has 1 aromatic heterocycles. The molecular weight excluding hydrogens is 164 g/mol. The molecule has 1 aromatic rings. The molecule has 0 aliphatic rings. The Morgan fingerprint density at radius 2 is 2.31 bits per heavy atom. The van der Waals surface area contributed by atoms with Crippen LogP contribution in [0.15, 0.2) is 18.3 Å². The fourth-order valence-electron chi connectivity index (χ4n) is 1.01. The molecule has 0 atom stereocenters. The number of amides is 1. The molecule has 0 unspecified atom stereocenters. The van der Waals surface area contributed by atoms with Crippen LogP contribution in [0, 0.1) is 6.92 Å². The molecule has 0 aliphatic heterocycles. The van der Waals surface area contributed by atoms with Gasteiger partial charge in [0.1, 0.15) is 0 Å². The van der Waals surface area contributed by atoms with Crippen molar-refractivity contribution in [1.29, 1.82) is 0 Å². The molecule has 0 fully saturated rings. The number of aryl methyl sites for hydroxylation is 2. The summed E-state index contributed by atoms with van der Waals surface area (Å²) in [6, 6.07) is 3.96. The van der Waals surface area contributed by atoms with Crippen molar-refractivity contribution in [2.75, 3.05) is 7.05 Å². The molecule has 1 rings (SSSR count). The van der Waals surface area contributed by atoms with Crippen molar-refractivity contribution in [3.8, 4) is 0 Å². The molecule has 1 N–H and O–H groups in total. The Balaban J connectivity index is 2.46. The molecule has 3 nitrogen and oxygen atoms in total. The average Bonchev–Trinajstić information content (AvgIpc) is 2.16. The molecule has 0 radical (unpaired) electrons. The van der Waals surface area contributed by atoms with E-state index in [1.807, 2.05) is 25.3 Å². The van der Waals surface area contributed by atoms with E-state index in [1.54, 1.807) is 7.05 Å². The monoisotopic (exact) mass is 178 g/mol. The van der Waals surface area contributed by atoms with E-state index < -0.39 is 0 Å². The second kappa shape index (κ2) is 4.60. The predicted octanol–water partition coefficient (Wildman–Crippen LogP) is 1.07. The summed E-state index contributed by atoms with van der Waals surface area (Å²) in [6.07, 6.45) is 3.03. The Labute approximate surface area is 78.2 Å². The third kappa shape index (κ3) is 3.23. The lowest BCUT2D eigenvalue weighted by Crippen LogP contribution is -2.18. The van der Waals surface area contributed by atoms with Gasteiger partial charge in [0.2, 0.25) is 5.91 Å². The predicted molar refractivity (Wildman–Crippen MR) is 51.4 cm³/mol. The van der Waals surface area contributed by atoms with Gasteiger partial charge in [-0.2, -0.15) is 0 Å². The summed E-state index contributed by atoms with van der Waals surface area (Å²) in [5.41, 5.74) is 2.11. The van der Waals surface area contributed by atoms with E-state index in [4.69, 9.17) is 0 Å². The van der Waals surface area contributed by atoms with Gasteiger partial charge < -0.3 is 5.32 Å². The highest BCUT2D eigenvalue weighted by molar-refractivity contribution is 5.75. The molecule has 3 heteroatoms. The largest absolute Gasteiger partial charge is 0.359 e. The van der Waals surface area contributed by atoms with Gasteiger partial charge in [-0.25, -0.2) is 0 Å². The zero-order valence-corrected chi connectivity index (χ0v) is 8.00. The molecule has 0 bridgehead atoms. The number of hydrogen-bond acceptors (Lipinski definition) is 2. The maximum atomic E-state index is 10.9. The standard InChI is InChI=1S/C10H14N2O/c1-8-3-4-9(12-7-8)5-6-10(13)11-2/h3-4,7H,5-6H2,1-2H3,(H,11,13). The second-order valence-corrected chi connectivity index (χ2v) is 3.00. The number of aromatic nitrogens is 1. The van der Waals surface area contributed by atoms with Gasteiger partial charge in [0.15, 0.2) is 0 Å². The second-order valence-electron chi connectivity index (χ2n) is 3.00. The lowest BCUT2D eigenvalue weighted by Gasteiger charge is -2.00. The van der Waals surface area contributed by atoms with Gasteiger partial charge in [0.25, 0.3) is 0 Å². The fourth-order valence-corrected chi connectivity index (χ4v) is 1.01. The Hall–Kier alpha value is -1.38. The number of nitrogens with zero attached hydrogens (tertiary/aromatic N) is 1. The van der Waals surface area contributed by atoms with Crippen LogP contribution >= 0.6 is 0 Å². The van der Waals surface area contributed by atoms with Gasteiger partial charge in [-0.15, -0.1) is 0 Å². The highest BCUT2D eigenvalue weighted by Gasteiger charge is 1.99. The van der Waals surface area contributed by atoms with E-state index in [0.717, 1.165) is 11.3 Å². The molecule has 0 saturated carbocycles. The summed E-state index contributed by atoms with van der Waals surface area (Å²) in [4.78, 5) is 15.1. The van der Waals surface area contributed by atoms with Crippen molar-refractivity contribution < 1.29 is 4.79 Å². The highest BCUT2D eigenvalue weighted by Crippen LogP contribution is 2.01. The molecule has 1 heterocycles. The van der Waals surface area contributed by atoms with Crippen LogP contribution in [0.4, 0.5) is 0 Å². The Kier molecular flexibility index (Phi) is 3.43. The van der Waals surface area contributed by atoms with E-state index in [2.05, 4.69) is 10.3 Å². The number of carbonyl (C=O) groups is 1. The summed E-state index contributed by atoms with van der Waals surface area (Å²) in [6.45, 7) is 2.00. The normalized spacial score (nSPS) is 9.69.